The number of hydrogen-bond donors (Lipinski definition) is 3. The van der Waals surface area contributed by atoms with Crippen LogP contribution < -0.4 is 11.3 Å². The molecule has 174 valence electrons. The summed E-state index contributed by atoms with van der Waals surface area (Å²) in [6.07, 6.45) is 4.24. The van der Waals surface area contributed by atoms with Gasteiger partial charge in [0.15, 0.2) is 5.65 Å². The molecule has 9 nitrogen and oxygen atoms in total. The summed E-state index contributed by atoms with van der Waals surface area (Å²) in [6, 6.07) is 13.1. The van der Waals surface area contributed by atoms with Gasteiger partial charge in [0.2, 0.25) is 0 Å². The number of anilines is 1. The summed E-state index contributed by atoms with van der Waals surface area (Å²) in [6.45, 7) is 2.80. The molecule has 0 radical (unpaired) electrons. The third kappa shape index (κ3) is 3.94. The van der Waals surface area contributed by atoms with E-state index >= 15 is 0 Å². The molecule has 0 saturated carbocycles. The predicted octanol–water partition coefficient (Wildman–Crippen LogP) is 2.21. The van der Waals surface area contributed by atoms with E-state index < -0.39 is 5.60 Å². The zero-order chi connectivity index (χ0) is 23.9. The Morgan fingerprint density at radius 2 is 1.97 bits per heavy atom. The van der Waals surface area contributed by atoms with Crippen LogP contribution in [0.1, 0.15) is 34.3 Å². The Balaban J connectivity index is 1.31. The quantitative estimate of drug-likeness (QED) is 0.402. The zero-order valence-electron chi connectivity index (χ0n) is 18.9. The molecule has 0 spiro atoms. The van der Waals surface area contributed by atoms with E-state index in [2.05, 4.69) is 15.1 Å². The summed E-state index contributed by atoms with van der Waals surface area (Å²) in [5, 5.41) is 16.0. The molecule has 1 aliphatic rings. The van der Waals surface area contributed by atoms with Gasteiger partial charge >= 0.3 is 0 Å². The lowest BCUT2D eigenvalue weighted by Gasteiger charge is -2.38. The fraction of sp³-hybridized carbons (Fsp3) is 0.280. The maximum absolute atomic E-state index is 13.0. The molecule has 4 aromatic rings. The highest BCUT2D eigenvalue weighted by Crippen LogP contribution is 2.29. The number of aromatic nitrogens is 4. The van der Waals surface area contributed by atoms with E-state index in [-0.39, 0.29) is 11.5 Å². The Kier molecular flexibility index (Phi) is 5.41. The van der Waals surface area contributed by atoms with Crippen LogP contribution >= 0.6 is 0 Å². The Hall–Kier alpha value is -3.98. The smallest absolute Gasteiger partial charge is 0.261 e. The van der Waals surface area contributed by atoms with Crippen molar-refractivity contribution >= 4 is 22.6 Å². The first-order chi connectivity index (χ1) is 16.3. The van der Waals surface area contributed by atoms with Gasteiger partial charge in [-0.2, -0.15) is 5.10 Å². The first kappa shape index (κ1) is 21.8. The minimum absolute atomic E-state index is 0.0988. The normalized spacial score (nSPS) is 15.5. The maximum Gasteiger partial charge on any atom is 0.261 e. The number of para-hydroxylation sites is 1. The van der Waals surface area contributed by atoms with Crippen molar-refractivity contribution in [2.45, 2.75) is 31.8 Å². The van der Waals surface area contributed by atoms with Gasteiger partial charge in [0.05, 0.1) is 29.4 Å². The van der Waals surface area contributed by atoms with Crippen molar-refractivity contribution in [1.29, 1.82) is 0 Å². The molecular formula is C25H26N6O3. The van der Waals surface area contributed by atoms with E-state index in [1.165, 1.54) is 12.5 Å². The summed E-state index contributed by atoms with van der Waals surface area (Å²) >= 11 is 0. The third-order valence-corrected chi connectivity index (χ3v) is 6.60. The molecule has 1 saturated heterocycles. The van der Waals surface area contributed by atoms with Crippen LogP contribution in [-0.2, 0) is 6.42 Å². The third-order valence-electron chi connectivity index (χ3n) is 6.60. The van der Waals surface area contributed by atoms with E-state index in [1.807, 2.05) is 43.3 Å². The van der Waals surface area contributed by atoms with E-state index in [9.17, 15) is 14.7 Å². The number of amides is 1. The molecule has 9 heteroatoms. The van der Waals surface area contributed by atoms with E-state index in [4.69, 9.17) is 5.73 Å². The van der Waals surface area contributed by atoms with E-state index in [0.717, 1.165) is 16.8 Å². The molecule has 1 fully saturated rings. The second kappa shape index (κ2) is 8.42. The van der Waals surface area contributed by atoms with Crippen LogP contribution in [0.5, 0.6) is 0 Å². The summed E-state index contributed by atoms with van der Waals surface area (Å²) in [5.41, 5.74) is 9.03. The van der Waals surface area contributed by atoms with Crippen molar-refractivity contribution in [3.63, 3.8) is 0 Å². The highest BCUT2D eigenvalue weighted by molar-refractivity contribution is 5.99. The number of likely N-dealkylation sites (tertiary alicyclic amines) is 1. The average Bonchev–Trinajstić information content (AvgIpc) is 3.27. The van der Waals surface area contributed by atoms with Gasteiger partial charge in [-0.1, -0.05) is 24.3 Å². The zero-order valence-corrected chi connectivity index (χ0v) is 18.9. The molecule has 0 unspecified atom stereocenters. The SMILES string of the molecule is Cc1cccc(C(=O)N2CCC(O)(Cc3cccc(-n4ncc5c(=O)[nH]cnc54)c3)CC2)c1N. The number of aliphatic hydroxyl groups is 1. The van der Waals surface area contributed by atoms with Gasteiger partial charge in [-0.3, -0.25) is 9.59 Å². The molecule has 0 atom stereocenters. The molecule has 3 heterocycles. The first-order valence-corrected chi connectivity index (χ1v) is 11.2. The fourth-order valence-corrected chi connectivity index (χ4v) is 4.56. The molecule has 4 N–H and O–H groups in total. The minimum atomic E-state index is -0.921. The van der Waals surface area contributed by atoms with Crippen LogP contribution in [0.25, 0.3) is 16.7 Å². The van der Waals surface area contributed by atoms with Crippen LogP contribution in [0.15, 0.2) is 59.8 Å². The number of H-pyrrole nitrogens is 1. The largest absolute Gasteiger partial charge is 0.398 e. The van der Waals surface area contributed by atoms with E-state index in [1.54, 1.807) is 15.6 Å². The Morgan fingerprint density at radius 1 is 1.21 bits per heavy atom. The molecule has 2 aromatic carbocycles. The van der Waals surface area contributed by atoms with Crippen molar-refractivity contribution in [2.75, 3.05) is 18.8 Å². The summed E-state index contributed by atoms with van der Waals surface area (Å²) in [5.74, 6) is -0.0988. The minimum Gasteiger partial charge on any atom is -0.398 e. The fourth-order valence-electron chi connectivity index (χ4n) is 4.56. The number of hydrogen-bond acceptors (Lipinski definition) is 6. The van der Waals surface area contributed by atoms with Gasteiger partial charge in [0.1, 0.15) is 5.39 Å². The lowest BCUT2D eigenvalue weighted by Crippen LogP contribution is -2.47. The number of benzene rings is 2. The number of nitrogens with one attached hydrogen (secondary N) is 1. The number of carbonyl (C=O) groups is 1. The van der Waals surface area contributed by atoms with Crippen LogP contribution in [0, 0.1) is 6.92 Å². The van der Waals surface area contributed by atoms with Gasteiger partial charge in [0.25, 0.3) is 11.5 Å². The van der Waals surface area contributed by atoms with Crippen LogP contribution in [-0.4, -0.2) is 54.4 Å². The Bertz CT molecular complexity index is 1430. The van der Waals surface area contributed by atoms with Gasteiger partial charge in [-0.05, 0) is 49.1 Å². The van der Waals surface area contributed by atoms with Gasteiger partial charge in [-0.25, -0.2) is 9.67 Å². The van der Waals surface area contributed by atoms with Crippen molar-refractivity contribution in [1.82, 2.24) is 24.6 Å². The molecule has 2 aromatic heterocycles. The van der Waals surface area contributed by atoms with E-state index in [0.29, 0.717) is 54.6 Å². The number of nitrogen functional groups attached to an aromatic ring is 1. The monoisotopic (exact) mass is 458 g/mol. The van der Waals surface area contributed by atoms with Gasteiger partial charge in [-0.15, -0.1) is 0 Å². The van der Waals surface area contributed by atoms with Crippen molar-refractivity contribution in [3.05, 3.63) is 82.0 Å². The van der Waals surface area contributed by atoms with Crippen molar-refractivity contribution in [3.8, 4) is 5.69 Å². The molecular weight excluding hydrogens is 432 g/mol. The first-order valence-electron chi connectivity index (χ1n) is 11.2. The summed E-state index contributed by atoms with van der Waals surface area (Å²) in [4.78, 5) is 33.5. The highest BCUT2D eigenvalue weighted by Gasteiger charge is 2.34. The Labute approximate surface area is 195 Å². The number of fused-ring (bicyclic) bond motifs is 1. The van der Waals surface area contributed by atoms with Crippen LogP contribution in [0.4, 0.5) is 5.69 Å². The van der Waals surface area contributed by atoms with Gasteiger partial charge < -0.3 is 20.7 Å². The van der Waals surface area contributed by atoms with Crippen LogP contribution in [0.3, 0.4) is 0 Å². The second-order valence-electron chi connectivity index (χ2n) is 8.92. The number of piperidine rings is 1. The topological polar surface area (TPSA) is 130 Å². The molecule has 1 amide bonds. The predicted molar refractivity (Wildman–Crippen MR) is 129 cm³/mol. The molecule has 34 heavy (non-hydrogen) atoms. The average molecular weight is 459 g/mol. The maximum atomic E-state index is 13.0. The van der Waals surface area contributed by atoms with Gasteiger partial charge in [0, 0.05) is 25.2 Å². The number of aryl methyl sites for hydroxylation is 1. The number of carbonyl (C=O) groups excluding carboxylic acids is 1. The number of nitrogens with zero attached hydrogens (tertiary/aromatic N) is 4. The number of nitrogens with two attached hydrogens (primary N) is 1. The lowest BCUT2D eigenvalue weighted by molar-refractivity contribution is -0.0162. The standard InChI is InChI=1S/C25H26N6O3/c1-16-4-2-7-19(21(16)26)24(33)30-10-8-25(34,9-11-30)13-17-5-3-6-18(12-17)31-22-20(14-29-31)23(32)28-15-27-22/h2-7,12,14-15,34H,8-11,13,26H2,1H3,(H,27,28,32). The summed E-state index contributed by atoms with van der Waals surface area (Å²) < 4.78 is 1.62. The molecule has 0 aliphatic carbocycles. The lowest BCUT2D eigenvalue weighted by atomic mass is 9.85. The molecule has 0 bridgehead atoms. The second-order valence-corrected chi connectivity index (χ2v) is 8.92. The number of rotatable bonds is 4. The Morgan fingerprint density at radius 3 is 2.76 bits per heavy atom. The molecule has 5 rings (SSSR count). The molecule has 1 aliphatic heterocycles. The summed E-state index contributed by atoms with van der Waals surface area (Å²) in [7, 11) is 0. The number of aromatic amines is 1. The highest BCUT2D eigenvalue weighted by atomic mass is 16.3. The van der Waals surface area contributed by atoms with Crippen molar-refractivity contribution < 1.29 is 9.90 Å². The van der Waals surface area contributed by atoms with Crippen LogP contribution in [0.2, 0.25) is 0 Å². The van der Waals surface area contributed by atoms with Crippen molar-refractivity contribution in [2.24, 2.45) is 0 Å².